The summed E-state index contributed by atoms with van der Waals surface area (Å²) < 4.78 is 28.3. The van der Waals surface area contributed by atoms with Crippen LogP contribution in [0.1, 0.15) is 57.6 Å². The highest BCUT2D eigenvalue weighted by Gasteiger charge is 2.28. The van der Waals surface area contributed by atoms with Gasteiger partial charge < -0.3 is 5.32 Å². The highest BCUT2D eigenvalue weighted by molar-refractivity contribution is 7.92. The summed E-state index contributed by atoms with van der Waals surface area (Å²) in [6, 6.07) is 14.1. The van der Waals surface area contributed by atoms with Gasteiger partial charge in [0.2, 0.25) is 5.91 Å². The quantitative estimate of drug-likeness (QED) is 0.496. The molecule has 0 aliphatic rings. The van der Waals surface area contributed by atoms with Crippen LogP contribution in [0.3, 0.4) is 0 Å². The monoisotopic (exact) mass is 444 g/mol. The minimum Gasteiger partial charge on any atom is -0.354 e. The average molecular weight is 445 g/mol. The first kappa shape index (κ1) is 24.9. The third-order valence-corrected chi connectivity index (χ3v) is 7.44. The molecule has 1 unspecified atom stereocenters. The van der Waals surface area contributed by atoms with Crippen LogP contribution in [0.2, 0.25) is 0 Å². The molecule has 0 saturated carbocycles. The number of unbranched alkanes of at least 4 members (excludes halogenated alkanes) is 1. The van der Waals surface area contributed by atoms with Gasteiger partial charge in [0.05, 0.1) is 10.6 Å². The molecule has 0 aliphatic heterocycles. The summed E-state index contributed by atoms with van der Waals surface area (Å²) >= 11 is 0. The number of carbonyl (C=O) groups is 1. The van der Waals surface area contributed by atoms with E-state index < -0.39 is 10.0 Å². The van der Waals surface area contributed by atoms with Crippen molar-refractivity contribution in [2.75, 3.05) is 17.4 Å². The number of benzene rings is 2. The van der Waals surface area contributed by atoms with E-state index in [-0.39, 0.29) is 17.3 Å². The Morgan fingerprint density at radius 1 is 1.03 bits per heavy atom. The van der Waals surface area contributed by atoms with Gasteiger partial charge in [0.25, 0.3) is 10.0 Å². The molecule has 2 aromatic carbocycles. The van der Waals surface area contributed by atoms with Gasteiger partial charge in [0, 0.05) is 6.54 Å². The number of anilines is 1. The second-order valence-corrected chi connectivity index (χ2v) is 9.89. The van der Waals surface area contributed by atoms with Crippen molar-refractivity contribution in [2.24, 2.45) is 5.92 Å². The Morgan fingerprint density at radius 2 is 1.71 bits per heavy atom. The van der Waals surface area contributed by atoms with Crippen molar-refractivity contribution in [3.8, 4) is 0 Å². The minimum absolute atomic E-state index is 0.186. The van der Waals surface area contributed by atoms with Crippen LogP contribution in [0.15, 0.2) is 53.4 Å². The Balaban J connectivity index is 2.30. The maximum atomic E-state index is 13.5. The van der Waals surface area contributed by atoms with E-state index in [1.807, 2.05) is 32.0 Å². The fraction of sp³-hybridized carbons (Fsp3) is 0.480. The molecule has 0 fully saturated rings. The van der Waals surface area contributed by atoms with E-state index in [1.54, 1.807) is 30.3 Å². The van der Waals surface area contributed by atoms with Crippen molar-refractivity contribution in [3.63, 3.8) is 0 Å². The number of nitrogens with one attached hydrogen (secondary N) is 1. The highest BCUT2D eigenvalue weighted by atomic mass is 32.2. The lowest BCUT2D eigenvalue weighted by Crippen LogP contribution is -2.42. The minimum atomic E-state index is -3.88. The molecule has 2 rings (SSSR count). The third-order valence-electron chi connectivity index (χ3n) is 5.67. The number of hydrogen-bond donors (Lipinski definition) is 1. The lowest BCUT2D eigenvalue weighted by Gasteiger charge is -2.26. The average Bonchev–Trinajstić information content (AvgIpc) is 2.77. The highest BCUT2D eigenvalue weighted by Crippen LogP contribution is 2.27. The van der Waals surface area contributed by atoms with E-state index in [4.69, 9.17) is 0 Å². The van der Waals surface area contributed by atoms with Crippen LogP contribution in [0.25, 0.3) is 0 Å². The first-order chi connectivity index (χ1) is 14.8. The van der Waals surface area contributed by atoms with Gasteiger partial charge in [-0.2, -0.15) is 0 Å². The summed E-state index contributed by atoms with van der Waals surface area (Å²) in [5.74, 6) is 0.130. The van der Waals surface area contributed by atoms with Crippen LogP contribution in [0.5, 0.6) is 0 Å². The van der Waals surface area contributed by atoms with E-state index >= 15 is 0 Å². The third kappa shape index (κ3) is 6.82. The maximum Gasteiger partial charge on any atom is 0.264 e. The molecular weight excluding hydrogens is 408 g/mol. The largest absolute Gasteiger partial charge is 0.354 e. The number of carbonyl (C=O) groups excluding carboxylic acids is 1. The van der Waals surface area contributed by atoms with Gasteiger partial charge in [-0.25, -0.2) is 8.42 Å². The van der Waals surface area contributed by atoms with Crippen LogP contribution in [-0.4, -0.2) is 27.4 Å². The van der Waals surface area contributed by atoms with E-state index in [9.17, 15) is 13.2 Å². The molecule has 1 atom stereocenters. The molecule has 31 heavy (non-hydrogen) atoms. The normalized spacial score (nSPS) is 12.4. The fourth-order valence-corrected chi connectivity index (χ4v) is 5.04. The molecule has 2 aromatic rings. The Morgan fingerprint density at radius 3 is 2.32 bits per heavy atom. The van der Waals surface area contributed by atoms with E-state index in [0.717, 1.165) is 36.8 Å². The molecule has 0 aromatic heterocycles. The predicted molar refractivity (Wildman–Crippen MR) is 128 cm³/mol. The smallest absolute Gasteiger partial charge is 0.264 e. The zero-order chi connectivity index (χ0) is 22.9. The van der Waals surface area contributed by atoms with Gasteiger partial charge in [0.1, 0.15) is 6.54 Å². The van der Waals surface area contributed by atoms with Crippen LogP contribution < -0.4 is 9.62 Å². The molecule has 170 valence electrons. The predicted octanol–water partition coefficient (Wildman–Crippen LogP) is 5.09. The van der Waals surface area contributed by atoms with Crippen molar-refractivity contribution in [1.29, 1.82) is 0 Å². The Bertz CT molecular complexity index is 939. The molecule has 6 heteroatoms. The van der Waals surface area contributed by atoms with Gasteiger partial charge in [-0.15, -0.1) is 0 Å². The molecule has 0 bridgehead atoms. The zero-order valence-corrected chi connectivity index (χ0v) is 20.0. The van der Waals surface area contributed by atoms with Gasteiger partial charge in [-0.3, -0.25) is 9.10 Å². The molecule has 0 aliphatic carbocycles. The van der Waals surface area contributed by atoms with Gasteiger partial charge >= 0.3 is 0 Å². The maximum absolute atomic E-state index is 13.5. The van der Waals surface area contributed by atoms with E-state index in [0.29, 0.717) is 24.6 Å². The first-order valence-electron chi connectivity index (χ1n) is 11.3. The topological polar surface area (TPSA) is 66.5 Å². The SMILES string of the molecule is CCCCC(CC)CNC(=O)CN(c1ccccc1CC)S(=O)(=O)c1ccc(C)cc1. The molecular formula is C25H36N2O3S. The number of para-hydroxylation sites is 1. The van der Waals surface area contributed by atoms with E-state index in [2.05, 4.69) is 19.2 Å². The number of sulfonamides is 1. The molecule has 5 nitrogen and oxygen atoms in total. The van der Waals surface area contributed by atoms with Gasteiger partial charge in [-0.1, -0.05) is 75.9 Å². The van der Waals surface area contributed by atoms with Crippen LogP contribution in [-0.2, 0) is 21.2 Å². The number of aryl methyl sites for hydroxylation is 2. The van der Waals surface area contributed by atoms with Crippen molar-refractivity contribution in [2.45, 2.75) is 64.7 Å². The summed E-state index contributed by atoms with van der Waals surface area (Å²) in [5, 5.41) is 2.97. The number of amides is 1. The number of nitrogens with zero attached hydrogens (tertiary/aromatic N) is 1. The van der Waals surface area contributed by atoms with Crippen molar-refractivity contribution >= 4 is 21.6 Å². The summed E-state index contributed by atoms with van der Waals surface area (Å²) in [6.45, 7) is 8.51. The van der Waals surface area contributed by atoms with Gasteiger partial charge in [-0.05, 0) is 49.4 Å². The van der Waals surface area contributed by atoms with Crippen LogP contribution >= 0.6 is 0 Å². The summed E-state index contributed by atoms with van der Waals surface area (Å²) in [7, 11) is -3.88. The Kier molecular flexibility index (Phi) is 9.56. The van der Waals surface area contributed by atoms with Crippen molar-refractivity contribution < 1.29 is 13.2 Å². The summed E-state index contributed by atoms with van der Waals surface area (Å²) in [5.41, 5.74) is 2.43. The second-order valence-electron chi connectivity index (χ2n) is 8.03. The van der Waals surface area contributed by atoms with E-state index in [1.165, 1.54) is 4.31 Å². The summed E-state index contributed by atoms with van der Waals surface area (Å²) in [4.78, 5) is 13.0. The van der Waals surface area contributed by atoms with Gasteiger partial charge in [0.15, 0.2) is 0 Å². The molecule has 1 N–H and O–H groups in total. The number of rotatable bonds is 12. The van der Waals surface area contributed by atoms with Crippen LogP contribution in [0.4, 0.5) is 5.69 Å². The zero-order valence-electron chi connectivity index (χ0n) is 19.2. The van der Waals surface area contributed by atoms with Crippen molar-refractivity contribution in [3.05, 3.63) is 59.7 Å². The van der Waals surface area contributed by atoms with Crippen LogP contribution in [0, 0.1) is 12.8 Å². The Hall–Kier alpha value is -2.34. The molecule has 0 radical (unpaired) electrons. The molecule has 0 heterocycles. The second kappa shape index (κ2) is 11.9. The first-order valence-corrected chi connectivity index (χ1v) is 12.7. The Labute approximate surface area is 187 Å². The fourth-order valence-electron chi connectivity index (χ4n) is 3.58. The lowest BCUT2D eigenvalue weighted by atomic mass is 9.99. The summed E-state index contributed by atoms with van der Waals surface area (Å²) in [6.07, 6.45) is 4.99. The lowest BCUT2D eigenvalue weighted by molar-refractivity contribution is -0.119. The molecule has 0 saturated heterocycles. The molecule has 0 spiro atoms. The number of hydrogen-bond acceptors (Lipinski definition) is 3. The van der Waals surface area contributed by atoms with Crippen molar-refractivity contribution in [1.82, 2.24) is 5.32 Å². The molecule has 1 amide bonds. The standard InChI is InChI=1S/C25H36N2O3S/c1-5-8-11-21(6-2)18-26-25(28)19-27(24-13-10-9-12-22(24)7-3)31(29,30)23-16-14-20(4)15-17-23/h9-10,12-17,21H,5-8,11,18-19H2,1-4H3,(H,26,28).